The van der Waals surface area contributed by atoms with Gasteiger partial charge in [0.2, 0.25) is 11.6 Å². The third kappa shape index (κ3) is 8.92. The van der Waals surface area contributed by atoms with Crippen molar-refractivity contribution < 1.29 is 9.59 Å². The number of carbonyl (C=O) groups is 2. The lowest BCUT2D eigenvalue weighted by atomic mass is 9.57. The number of rotatable bonds is 12. The third-order valence-electron chi connectivity index (χ3n) is 8.92. The van der Waals surface area contributed by atoms with Crippen molar-refractivity contribution in [1.29, 1.82) is 0 Å². The normalized spacial score (nSPS) is 25.7. The van der Waals surface area contributed by atoms with Crippen molar-refractivity contribution in [2.45, 2.75) is 119 Å². The minimum absolute atomic E-state index is 0.0634. The fourth-order valence-corrected chi connectivity index (χ4v) is 6.65. The van der Waals surface area contributed by atoms with E-state index >= 15 is 0 Å². The van der Waals surface area contributed by atoms with Gasteiger partial charge in [-0.25, -0.2) is 0 Å². The van der Waals surface area contributed by atoms with Crippen LogP contribution in [0, 0.1) is 23.7 Å². The lowest BCUT2D eigenvalue weighted by molar-refractivity contribution is -0.149. The van der Waals surface area contributed by atoms with Crippen molar-refractivity contribution in [2.75, 3.05) is 0 Å². The molecule has 38 heavy (non-hydrogen) atoms. The van der Waals surface area contributed by atoms with E-state index in [9.17, 15) is 9.59 Å². The first-order valence-corrected chi connectivity index (χ1v) is 15.2. The molecule has 1 fully saturated rings. The van der Waals surface area contributed by atoms with Crippen LogP contribution in [0.15, 0.2) is 69.9 Å². The summed E-state index contributed by atoms with van der Waals surface area (Å²) in [5.41, 5.74) is 8.43. The predicted molar refractivity (Wildman–Crippen MR) is 162 cm³/mol. The monoisotopic (exact) mass is 516 g/mol. The fourth-order valence-electron chi connectivity index (χ4n) is 6.65. The van der Waals surface area contributed by atoms with E-state index in [-0.39, 0.29) is 23.4 Å². The minimum Gasteiger partial charge on any atom is -0.291 e. The molecule has 4 unspecified atom stereocenters. The highest BCUT2D eigenvalue weighted by molar-refractivity contribution is 6.39. The molecule has 0 aromatic rings. The molecule has 0 aliphatic heterocycles. The van der Waals surface area contributed by atoms with Gasteiger partial charge in [0.1, 0.15) is 0 Å². The molecule has 0 radical (unpaired) electrons. The molecule has 0 amide bonds. The maximum Gasteiger partial charge on any atom is 0.202 e. The number of fused-ring (bicyclic) bond motifs is 3. The van der Waals surface area contributed by atoms with E-state index in [4.69, 9.17) is 0 Å². The first-order valence-electron chi connectivity index (χ1n) is 15.2. The van der Waals surface area contributed by atoms with E-state index in [1.165, 1.54) is 33.4 Å². The Hall–Kier alpha value is -2.22. The Morgan fingerprint density at radius 3 is 1.39 bits per heavy atom. The summed E-state index contributed by atoms with van der Waals surface area (Å²) in [4.78, 5) is 26.5. The number of ketones is 2. The summed E-state index contributed by atoms with van der Waals surface area (Å²) in [7, 11) is 0. The standard InChI is InChI=1S/C36H52O2/c1-25(2)11-7-13-27(5)15-9-17-29-19-21-31-32-22-20-30(18-10-16-28(6)14-8-12-26(3)4)24-34(32)36(38)35(37)33(31)23-29/h11-12,15-16,19-20,31-34H,7-10,13-14,17-18,21-24H2,1-6H3/b27-15+,28-16+. The van der Waals surface area contributed by atoms with E-state index in [2.05, 4.69) is 78.0 Å². The first kappa shape index (κ1) is 30.3. The minimum atomic E-state index is -0.0761. The molecule has 0 spiro atoms. The Bertz CT molecular complexity index is 949. The highest BCUT2D eigenvalue weighted by Gasteiger charge is 2.50. The van der Waals surface area contributed by atoms with Gasteiger partial charge in [-0.05, 0) is 130 Å². The van der Waals surface area contributed by atoms with Crippen LogP contribution in [0.2, 0.25) is 0 Å². The lowest BCUT2D eigenvalue weighted by Gasteiger charge is -2.45. The topological polar surface area (TPSA) is 34.1 Å². The molecule has 0 aromatic carbocycles. The van der Waals surface area contributed by atoms with Crippen LogP contribution >= 0.6 is 0 Å². The second-order valence-corrected chi connectivity index (χ2v) is 12.7. The Morgan fingerprint density at radius 1 is 0.632 bits per heavy atom. The second kappa shape index (κ2) is 14.8. The van der Waals surface area contributed by atoms with E-state index in [1.807, 2.05) is 0 Å². The van der Waals surface area contributed by atoms with Crippen LogP contribution in [0.3, 0.4) is 0 Å². The van der Waals surface area contributed by atoms with Gasteiger partial charge in [-0.2, -0.15) is 0 Å². The lowest BCUT2D eigenvalue weighted by Crippen LogP contribution is -2.49. The van der Waals surface area contributed by atoms with Crippen molar-refractivity contribution in [3.8, 4) is 0 Å². The Morgan fingerprint density at radius 2 is 1.03 bits per heavy atom. The first-order chi connectivity index (χ1) is 18.2. The summed E-state index contributed by atoms with van der Waals surface area (Å²) in [6.07, 6.45) is 26.3. The van der Waals surface area contributed by atoms with E-state index in [0.29, 0.717) is 11.8 Å². The van der Waals surface area contributed by atoms with Crippen LogP contribution in [0.25, 0.3) is 0 Å². The van der Waals surface area contributed by atoms with Gasteiger partial charge in [0.25, 0.3) is 0 Å². The Balaban J connectivity index is 1.53. The summed E-state index contributed by atoms with van der Waals surface area (Å²) < 4.78 is 0. The second-order valence-electron chi connectivity index (χ2n) is 12.7. The molecule has 2 nitrogen and oxygen atoms in total. The van der Waals surface area contributed by atoms with Gasteiger partial charge in [0.05, 0.1) is 0 Å². The molecule has 0 bridgehead atoms. The largest absolute Gasteiger partial charge is 0.291 e. The van der Waals surface area contributed by atoms with Crippen molar-refractivity contribution in [2.24, 2.45) is 23.7 Å². The van der Waals surface area contributed by atoms with Gasteiger partial charge < -0.3 is 0 Å². The van der Waals surface area contributed by atoms with E-state index in [1.54, 1.807) is 0 Å². The zero-order valence-corrected chi connectivity index (χ0v) is 25.1. The van der Waals surface area contributed by atoms with Crippen molar-refractivity contribution in [1.82, 2.24) is 0 Å². The van der Waals surface area contributed by atoms with E-state index in [0.717, 1.165) is 77.0 Å². The maximum absolute atomic E-state index is 13.2. The van der Waals surface area contributed by atoms with Gasteiger partial charge in [0.15, 0.2) is 0 Å². The molecule has 4 atom stereocenters. The smallest absolute Gasteiger partial charge is 0.202 e. The average Bonchev–Trinajstić information content (AvgIpc) is 2.87. The van der Waals surface area contributed by atoms with Gasteiger partial charge in [-0.15, -0.1) is 0 Å². The molecule has 0 heterocycles. The van der Waals surface area contributed by atoms with Crippen LogP contribution in [-0.2, 0) is 9.59 Å². The van der Waals surface area contributed by atoms with Gasteiger partial charge >= 0.3 is 0 Å². The molecule has 1 saturated carbocycles. The SMILES string of the molecule is CC(C)=CCC/C(C)=C/CCC1=CCC2C(C1)C(=O)C(=O)C1CC(CC/C=C(\C)CCC=C(C)C)=CCC12. The average molecular weight is 517 g/mol. The summed E-state index contributed by atoms with van der Waals surface area (Å²) in [5, 5.41) is 0. The zero-order valence-electron chi connectivity index (χ0n) is 25.1. The molecule has 3 aliphatic rings. The van der Waals surface area contributed by atoms with Crippen molar-refractivity contribution in [3.05, 3.63) is 69.9 Å². The van der Waals surface area contributed by atoms with Gasteiger partial charge in [0, 0.05) is 11.8 Å². The molecule has 2 heteroatoms. The quantitative estimate of drug-likeness (QED) is 0.191. The highest BCUT2D eigenvalue weighted by atomic mass is 16.2. The fraction of sp³-hybridized carbons (Fsp3) is 0.611. The molecule has 208 valence electrons. The number of carbonyl (C=O) groups excluding carboxylic acids is 2. The molecule has 0 saturated heterocycles. The van der Waals surface area contributed by atoms with Crippen molar-refractivity contribution in [3.63, 3.8) is 0 Å². The number of Topliss-reactive ketones (excluding diaryl/α,β-unsaturated/α-hetero) is 2. The van der Waals surface area contributed by atoms with Crippen LogP contribution in [0.4, 0.5) is 0 Å². The van der Waals surface area contributed by atoms with E-state index < -0.39 is 0 Å². The van der Waals surface area contributed by atoms with Crippen LogP contribution < -0.4 is 0 Å². The Labute approximate surface area is 233 Å². The van der Waals surface area contributed by atoms with Crippen LogP contribution in [0.5, 0.6) is 0 Å². The summed E-state index contributed by atoms with van der Waals surface area (Å²) in [6.45, 7) is 13.1. The number of allylic oxidation sites excluding steroid dienone is 12. The molecular formula is C36H52O2. The maximum atomic E-state index is 13.2. The highest BCUT2D eigenvalue weighted by Crippen LogP contribution is 2.49. The summed E-state index contributed by atoms with van der Waals surface area (Å²) >= 11 is 0. The van der Waals surface area contributed by atoms with Gasteiger partial charge in [-0.1, -0.05) is 69.9 Å². The summed E-state index contributed by atoms with van der Waals surface area (Å²) in [6, 6.07) is 0. The number of hydrogen-bond donors (Lipinski definition) is 0. The van der Waals surface area contributed by atoms with Crippen LogP contribution in [0.1, 0.15) is 119 Å². The van der Waals surface area contributed by atoms with Gasteiger partial charge in [-0.3, -0.25) is 9.59 Å². The number of hydrogen-bond acceptors (Lipinski definition) is 2. The van der Waals surface area contributed by atoms with Crippen molar-refractivity contribution >= 4 is 11.6 Å². The molecule has 3 rings (SSSR count). The van der Waals surface area contributed by atoms with Crippen LogP contribution in [-0.4, -0.2) is 11.6 Å². The molecule has 0 aromatic heterocycles. The predicted octanol–water partition coefficient (Wildman–Crippen LogP) is 9.99. The molecule has 0 N–H and O–H groups in total. The molecular weight excluding hydrogens is 464 g/mol. The zero-order chi connectivity index (χ0) is 27.7. The molecule has 3 aliphatic carbocycles. The Kier molecular flexibility index (Phi) is 11.8. The third-order valence-corrected chi connectivity index (χ3v) is 8.92. The summed E-state index contributed by atoms with van der Waals surface area (Å²) in [5.74, 6) is 0.425.